The summed E-state index contributed by atoms with van der Waals surface area (Å²) in [5, 5.41) is 15.4. The minimum absolute atomic E-state index is 0.0973. The Morgan fingerprint density at radius 1 is 1.30 bits per heavy atom. The van der Waals surface area contributed by atoms with Crippen molar-refractivity contribution >= 4 is 44.7 Å². The molecule has 1 aliphatic carbocycles. The molecule has 1 amide bonds. The Labute approximate surface area is 167 Å². The molecule has 1 aliphatic rings. The number of carbonyl (C=O) groups is 1. The van der Waals surface area contributed by atoms with Gasteiger partial charge >= 0.3 is 0 Å². The van der Waals surface area contributed by atoms with Crippen LogP contribution in [0.4, 0.5) is 5.69 Å². The van der Waals surface area contributed by atoms with Gasteiger partial charge in [-0.1, -0.05) is 12.5 Å². The molecule has 0 radical (unpaired) electrons. The van der Waals surface area contributed by atoms with Crippen molar-refractivity contribution in [3.63, 3.8) is 0 Å². The number of rotatable bonds is 6. The van der Waals surface area contributed by atoms with Crippen molar-refractivity contribution in [3.05, 3.63) is 41.3 Å². The van der Waals surface area contributed by atoms with Crippen LogP contribution < -0.4 is 10.0 Å². The largest absolute Gasteiger partial charge is 0.507 e. The summed E-state index contributed by atoms with van der Waals surface area (Å²) in [6.45, 7) is 0. The number of thioether (sulfide) groups is 1. The van der Waals surface area contributed by atoms with E-state index < -0.39 is 10.0 Å². The molecule has 146 valence electrons. The van der Waals surface area contributed by atoms with Crippen LogP contribution in [0.15, 0.2) is 39.9 Å². The summed E-state index contributed by atoms with van der Waals surface area (Å²) in [5.41, 5.74) is 0.345. The maximum absolute atomic E-state index is 12.5. The highest BCUT2D eigenvalue weighted by molar-refractivity contribution is 7.99. The topological polar surface area (TPSA) is 95.5 Å². The third-order valence-electron chi connectivity index (χ3n) is 4.55. The highest BCUT2D eigenvalue weighted by atomic mass is 32.2. The lowest BCUT2D eigenvalue weighted by Gasteiger charge is -2.28. The Balaban J connectivity index is 1.68. The quantitative estimate of drug-likeness (QED) is 0.655. The van der Waals surface area contributed by atoms with Crippen molar-refractivity contribution < 1.29 is 18.3 Å². The Morgan fingerprint density at radius 2 is 2.11 bits per heavy atom. The van der Waals surface area contributed by atoms with Gasteiger partial charge in [0.15, 0.2) is 0 Å². The van der Waals surface area contributed by atoms with Crippen LogP contribution >= 0.6 is 23.1 Å². The van der Waals surface area contributed by atoms with Crippen LogP contribution in [-0.4, -0.2) is 37.0 Å². The molecule has 2 aromatic rings. The molecule has 1 saturated carbocycles. The third-order valence-corrected chi connectivity index (χ3v) is 8.42. The van der Waals surface area contributed by atoms with Crippen molar-refractivity contribution in [2.24, 2.45) is 0 Å². The van der Waals surface area contributed by atoms with E-state index in [4.69, 9.17) is 0 Å². The number of benzene rings is 1. The normalized spacial score (nSPS) is 20.2. The van der Waals surface area contributed by atoms with Crippen LogP contribution in [0.5, 0.6) is 5.75 Å². The molecular weight excluding hydrogens is 404 g/mol. The van der Waals surface area contributed by atoms with Gasteiger partial charge in [0, 0.05) is 17.4 Å². The molecule has 27 heavy (non-hydrogen) atoms. The number of nitrogens with one attached hydrogen (secondary N) is 2. The molecule has 1 fully saturated rings. The summed E-state index contributed by atoms with van der Waals surface area (Å²) in [5.74, 6) is -0.594. The van der Waals surface area contributed by atoms with Crippen LogP contribution in [0.25, 0.3) is 0 Å². The molecule has 1 aromatic heterocycles. The first-order valence-electron chi connectivity index (χ1n) is 8.62. The van der Waals surface area contributed by atoms with E-state index in [1.54, 1.807) is 11.4 Å². The van der Waals surface area contributed by atoms with Gasteiger partial charge < -0.3 is 10.4 Å². The second kappa shape index (κ2) is 8.53. The van der Waals surface area contributed by atoms with Gasteiger partial charge in [-0.15, -0.1) is 11.3 Å². The first kappa shape index (κ1) is 20.0. The highest BCUT2D eigenvalue weighted by Gasteiger charge is 2.24. The van der Waals surface area contributed by atoms with Gasteiger partial charge in [-0.05, 0) is 49.1 Å². The number of aromatic hydroxyl groups is 1. The SMILES string of the molecule is CS[C@H]1CCC[C@H](NC(=O)c2ccc(NS(=O)(=O)c3cccs3)cc2O)C1. The minimum Gasteiger partial charge on any atom is -0.507 e. The number of anilines is 1. The lowest BCUT2D eigenvalue weighted by Crippen LogP contribution is -2.39. The van der Waals surface area contributed by atoms with Crippen LogP contribution in [0.3, 0.4) is 0 Å². The zero-order chi connectivity index (χ0) is 19.4. The van der Waals surface area contributed by atoms with Crippen molar-refractivity contribution in [1.82, 2.24) is 5.32 Å². The van der Waals surface area contributed by atoms with Crippen LogP contribution in [0.1, 0.15) is 36.0 Å². The fraction of sp³-hybridized carbons (Fsp3) is 0.389. The maximum Gasteiger partial charge on any atom is 0.271 e. The zero-order valence-electron chi connectivity index (χ0n) is 14.8. The second-order valence-electron chi connectivity index (χ2n) is 6.46. The minimum atomic E-state index is -3.70. The summed E-state index contributed by atoms with van der Waals surface area (Å²) in [6, 6.07) is 7.42. The maximum atomic E-state index is 12.5. The molecule has 0 spiro atoms. The number of amides is 1. The number of thiophene rings is 1. The van der Waals surface area contributed by atoms with Crippen molar-refractivity contribution in [3.8, 4) is 5.75 Å². The Morgan fingerprint density at radius 3 is 2.78 bits per heavy atom. The fourth-order valence-corrected chi connectivity index (χ4v) is 6.03. The van der Waals surface area contributed by atoms with Gasteiger partial charge in [0.05, 0.1) is 11.3 Å². The van der Waals surface area contributed by atoms with E-state index in [0.717, 1.165) is 37.0 Å². The van der Waals surface area contributed by atoms with E-state index in [2.05, 4.69) is 16.3 Å². The van der Waals surface area contributed by atoms with Crippen molar-refractivity contribution in [2.75, 3.05) is 11.0 Å². The molecule has 0 aliphatic heterocycles. The van der Waals surface area contributed by atoms with Gasteiger partial charge in [0.25, 0.3) is 15.9 Å². The first-order chi connectivity index (χ1) is 12.9. The summed E-state index contributed by atoms with van der Waals surface area (Å²) in [6.07, 6.45) is 6.18. The van der Waals surface area contributed by atoms with E-state index in [1.165, 1.54) is 24.3 Å². The van der Waals surface area contributed by atoms with Gasteiger partial charge in [-0.3, -0.25) is 9.52 Å². The molecule has 3 rings (SSSR count). The van der Waals surface area contributed by atoms with E-state index >= 15 is 0 Å². The van der Waals surface area contributed by atoms with E-state index in [9.17, 15) is 18.3 Å². The predicted octanol–water partition coefficient (Wildman–Crippen LogP) is 3.66. The van der Waals surface area contributed by atoms with Crippen molar-refractivity contribution in [1.29, 1.82) is 0 Å². The molecule has 1 heterocycles. The average molecular weight is 427 g/mol. The monoisotopic (exact) mass is 426 g/mol. The zero-order valence-corrected chi connectivity index (χ0v) is 17.3. The van der Waals surface area contributed by atoms with Crippen LogP contribution in [-0.2, 0) is 10.0 Å². The number of sulfonamides is 1. The molecule has 9 heteroatoms. The number of phenolic OH excluding ortho intramolecular Hbond substituents is 1. The lowest BCUT2D eigenvalue weighted by molar-refractivity contribution is 0.0926. The number of hydrogen-bond acceptors (Lipinski definition) is 6. The standard InChI is InChI=1S/C18H22N2O4S3/c1-25-14-5-2-4-12(10-14)19-18(22)15-8-7-13(11-16(15)21)20-27(23,24)17-6-3-9-26-17/h3,6-9,11-12,14,20-21H,2,4-5,10H2,1H3,(H,19,22)/t12-,14-/m0/s1. The molecule has 0 bridgehead atoms. The molecule has 2 atom stereocenters. The molecule has 0 unspecified atom stereocenters. The Bertz CT molecular complexity index is 897. The number of phenols is 1. The molecule has 6 nitrogen and oxygen atoms in total. The van der Waals surface area contributed by atoms with Gasteiger partial charge in [0.1, 0.15) is 9.96 Å². The Kier molecular flexibility index (Phi) is 6.33. The lowest BCUT2D eigenvalue weighted by atomic mass is 9.94. The summed E-state index contributed by atoms with van der Waals surface area (Å²) >= 11 is 2.92. The van der Waals surface area contributed by atoms with Gasteiger partial charge in [0.2, 0.25) is 0 Å². The highest BCUT2D eigenvalue weighted by Crippen LogP contribution is 2.29. The van der Waals surface area contributed by atoms with Crippen LogP contribution in [0, 0.1) is 0 Å². The van der Waals surface area contributed by atoms with Gasteiger partial charge in [-0.25, -0.2) is 8.42 Å². The van der Waals surface area contributed by atoms with Crippen LogP contribution in [0.2, 0.25) is 0 Å². The van der Waals surface area contributed by atoms with E-state index in [-0.39, 0.29) is 33.2 Å². The third kappa shape index (κ3) is 4.97. The first-order valence-corrected chi connectivity index (χ1v) is 12.3. The van der Waals surface area contributed by atoms with E-state index in [1.807, 2.05) is 11.8 Å². The number of hydrogen-bond donors (Lipinski definition) is 3. The predicted molar refractivity (Wildman–Crippen MR) is 110 cm³/mol. The molecule has 0 saturated heterocycles. The Hall–Kier alpha value is -1.71. The summed E-state index contributed by atoms with van der Waals surface area (Å²) < 4.78 is 27.1. The number of carbonyl (C=O) groups excluding carboxylic acids is 1. The smallest absolute Gasteiger partial charge is 0.271 e. The van der Waals surface area contributed by atoms with Gasteiger partial charge in [-0.2, -0.15) is 11.8 Å². The second-order valence-corrected chi connectivity index (χ2v) is 10.5. The van der Waals surface area contributed by atoms with Crippen molar-refractivity contribution in [2.45, 2.75) is 41.2 Å². The summed E-state index contributed by atoms with van der Waals surface area (Å²) in [4.78, 5) is 12.5. The molecule has 1 aromatic carbocycles. The fourth-order valence-electron chi connectivity index (χ4n) is 3.16. The van der Waals surface area contributed by atoms with E-state index in [0.29, 0.717) is 5.25 Å². The average Bonchev–Trinajstić information content (AvgIpc) is 3.17. The molecule has 3 N–H and O–H groups in total. The summed E-state index contributed by atoms with van der Waals surface area (Å²) in [7, 11) is -3.70. The molecular formula is C18H22N2O4S3.